The van der Waals surface area contributed by atoms with E-state index in [4.69, 9.17) is 9.47 Å². The third-order valence-corrected chi connectivity index (χ3v) is 6.83. The quantitative estimate of drug-likeness (QED) is 0.214. The van der Waals surface area contributed by atoms with Gasteiger partial charge in [0, 0.05) is 50.7 Å². The van der Waals surface area contributed by atoms with Gasteiger partial charge in [0.15, 0.2) is 0 Å². The zero-order valence-electron chi connectivity index (χ0n) is 23.8. The van der Waals surface area contributed by atoms with Crippen LogP contribution in [0, 0.1) is 0 Å². The predicted octanol–water partition coefficient (Wildman–Crippen LogP) is 7.79. The van der Waals surface area contributed by atoms with Crippen LogP contribution in [0.4, 0.5) is 11.4 Å². The van der Waals surface area contributed by atoms with Crippen LogP contribution in [0.15, 0.2) is 109 Å². The SMILES string of the molecule is COc1ccccc1C(=CCC=C(c1ccc(N(C)C)cc1)c1ccccc1OC)c1ccc(N(C)C)cc1. The van der Waals surface area contributed by atoms with Gasteiger partial charge in [0.1, 0.15) is 11.5 Å². The second-order valence-electron chi connectivity index (χ2n) is 9.75. The molecule has 0 saturated heterocycles. The Hall–Kier alpha value is -4.44. The molecule has 0 saturated carbocycles. The second-order valence-corrected chi connectivity index (χ2v) is 9.75. The molecule has 0 aliphatic rings. The van der Waals surface area contributed by atoms with Crippen LogP contribution in [0.25, 0.3) is 11.1 Å². The van der Waals surface area contributed by atoms with E-state index in [0.29, 0.717) is 0 Å². The van der Waals surface area contributed by atoms with Crippen molar-refractivity contribution in [1.82, 2.24) is 0 Å². The normalized spacial score (nSPS) is 11.7. The first-order valence-electron chi connectivity index (χ1n) is 13.2. The Morgan fingerprint density at radius 2 is 0.897 bits per heavy atom. The molecule has 0 N–H and O–H groups in total. The molecule has 0 spiro atoms. The third-order valence-electron chi connectivity index (χ3n) is 6.83. The minimum atomic E-state index is 0.728. The molecule has 0 aliphatic heterocycles. The molecule has 200 valence electrons. The molecule has 0 aromatic heterocycles. The summed E-state index contributed by atoms with van der Waals surface area (Å²) in [6.45, 7) is 0. The van der Waals surface area contributed by atoms with Gasteiger partial charge in [0.05, 0.1) is 14.2 Å². The predicted molar refractivity (Wildman–Crippen MR) is 166 cm³/mol. The van der Waals surface area contributed by atoms with Gasteiger partial charge in [-0.2, -0.15) is 0 Å². The van der Waals surface area contributed by atoms with Gasteiger partial charge >= 0.3 is 0 Å². The Bertz CT molecular complexity index is 1320. The largest absolute Gasteiger partial charge is 0.496 e. The number of ether oxygens (including phenoxy) is 2. The maximum Gasteiger partial charge on any atom is 0.126 e. The van der Waals surface area contributed by atoms with E-state index in [1.165, 1.54) is 0 Å². The molecule has 0 unspecified atom stereocenters. The molecule has 4 heteroatoms. The lowest BCUT2D eigenvalue weighted by Gasteiger charge is -2.17. The summed E-state index contributed by atoms with van der Waals surface area (Å²) < 4.78 is 11.5. The number of hydrogen-bond acceptors (Lipinski definition) is 4. The maximum atomic E-state index is 5.75. The highest BCUT2D eigenvalue weighted by atomic mass is 16.5. The number of anilines is 2. The first-order valence-corrected chi connectivity index (χ1v) is 13.2. The molecule has 0 bridgehead atoms. The van der Waals surface area contributed by atoms with Gasteiger partial charge in [-0.25, -0.2) is 0 Å². The van der Waals surface area contributed by atoms with Crippen molar-refractivity contribution in [3.63, 3.8) is 0 Å². The molecule has 0 atom stereocenters. The molecule has 4 nitrogen and oxygen atoms in total. The van der Waals surface area contributed by atoms with Gasteiger partial charge in [0.2, 0.25) is 0 Å². The highest BCUT2D eigenvalue weighted by Crippen LogP contribution is 2.35. The summed E-state index contributed by atoms with van der Waals surface area (Å²) in [5, 5.41) is 0. The fourth-order valence-corrected chi connectivity index (χ4v) is 4.67. The highest BCUT2D eigenvalue weighted by Gasteiger charge is 2.13. The van der Waals surface area contributed by atoms with E-state index in [0.717, 1.165) is 62.7 Å². The van der Waals surface area contributed by atoms with E-state index in [1.807, 2.05) is 24.3 Å². The first-order chi connectivity index (χ1) is 18.9. The van der Waals surface area contributed by atoms with Crippen LogP contribution >= 0.6 is 0 Å². The number of para-hydroxylation sites is 2. The minimum Gasteiger partial charge on any atom is -0.496 e. The molecule has 0 radical (unpaired) electrons. The van der Waals surface area contributed by atoms with Crippen molar-refractivity contribution in [2.45, 2.75) is 6.42 Å². The summed E-state index contributed by atoms with van der Waals surface area (Å²) in [6.07, 6.45) is 5.30. The smallest absolute Gasteiger partial charge is 0.126 e. The van der Waals surface area contributed by atoms with Crippen LogP contribution in [0.2, 0.25) is 0 Å². The van der Waals surface area contributed by atoms with E-state index >= 15 is 0 Å². The number of nitrogens with zero attached hydrogens (tertiary/aromatic N) is 2. The monoisotopic (exact) mass is 518 g/mol. The molecule has 4 aromatic rings. The lowest BCUT2D eigenvalue weighted by atomic mass is 9.93. The maximum absolute atomic E-state index is 5.75. The van der Waals surface area contributed by atoms with Crippen LogP contribution in [0.5, 0.6) is 11.5 Å². The number of hydrogen-bond donors (Lipinski definition) is 0. The Labute approximate surface area is 233 Å². The van der Waals surface area contributed by atoms with E-state index in [-0.39, 0.29) is 0 Å². The van der Waals surface area contributed by atoms with E-state index in [1.54, 1.807) is 14.2 Å². The van der Waals surface area contributed by atoms with Crippen molar-refractivity contribution in [2.24, 2.45) is 0 Å². The summed E-state index contributed by atoms with van der Waals surface area (Å²) >= 11 is 0. The standard InChI is InChI=1S/C35H38N2O2/c1-36(2)28-22-18-26(19-23-28)30(32-12-7-9-16-34(32)38-5)14-11-15-31(33-13-8-10-17-35(33)39-6)27-20-24-29(25-21-27)37(3)4/h7-10,12-25H,11H2,1-6H3. The summed E-state index contributed by atoms with van der Waals surface area (Å²) in [5.74, 6) is 1.71. The topological polar surface area (TPSA) is 24.9 Å². The fraction of sp³-hybridized carbons (Fsp3) is 0.200. The van der Waals surface area contributed by atoms with E-state index < -0.39 is 0 Å². The van der Waals surface area contributed by atoms with Gasteiger partial charge in [-0.15, -0.1) is 0 Å². The molecule has 39 heavy (non-hydrogen) atoms. The molecular formula is C35H38N2O2. The number of rotatable bonds is 10. The van der Waals surface area contributed by atoms with Crippen molar-refractivity contribution in [3.05, 3.63) is 131 Å². The van der Waals surface area contributed by atoms with Gasteiger partial charge in [-0.3, -0.25) is 0 Å². The van der Waals surface area contributed by atoms with Crippen LogP contribution in [0.1, 0.15) is 28.7 Å². The van der Waals surface area contributed by atoms with Crippen molar-refractivity contribution in [3.8, 4) is 11.5 Å². The van der Waals surface area contributed by atoms with Crippen molar-refractivity contribution in [2.75, 3.05) is 52.2 Å². The number of methoxy groups -OCH3 is 2. The molecule has 0 heterocycles. The van der Waals surface area contributed by atoms with Crippen LogP contribution < -0.4 is 19.3 Å². The zero-order valence-corrected chi connectivity index (χ0v) is 23.8. The van der Waals surface area contributed by atoms with Crippen LogP contribution in [-0.4, -0.2) is 42.4 Å². The van der Waals surface area contributed by atoms with Crippen molar-refractivity contribution >= 4 is 22.5 Å². The summed E-state index contributed by atoms with van der Waals surface area (Å²) in [7, 11) is 11.7. The third kappa shape index (κ3) is 6.53. The lowest BCUT2D eigenvalue weighted by molar-refractivity contribution is 0.413. The minimum absolute atomic E-state index is 0.728. The lowest BCUT2D eigenvalue weighted by Crippen LogP contribution is -2.08. The summed E-state index contributed by atoms with van der Waals surface area (Å²) in [4.78, 5) is 4.22. The van der Waals surface area contributed by atoms with Gasteiger partial charge in [-0.05, 0) is 65.1 Å². The Morgan fingerprint density at radius 3 is 1.23 bits per heavy atom. The molecule has 0 amide bonds. The van der Waals surface area contributed by atoms with Gasteiger partial charge in [0.25, 0.3) is 0 Å². The zero-order chi connectivity index (χ0) is 27.8. The molecular weight excluding hydrogens is 480 g/mol. The number of benzene rings is 4. The Balaban J connectivity index is 1.81. The van der Waals surface area contributed by atoms with Crippen LogP contribution in [-0.2, 0) is 0 Å². The van der Waals surface area contributed by atoms with E-state index in [9.17, 15) is 0 Å². The van der Waals surface area contributed by atoms with Crippen molar-refractivity contribution < 1.29 is 9.47 Å². The first kappa shape index (κ1) is 27.6. The van der Waals surface area contributed by atoms with Crippen LogP contribution in [0.3, 0.4) is 0 Å². The highest BCUT2D eigenvalue weighted by molar-refractivity contribution is 5.85. The summed E-state index contributed by atoms with van der Waals surface area (Å²) in [5.41, 5.74) is 9.03. The van der Waals surface area contributed by atoms with E-state index in [2.05, 4.69) is 123 Å². The molecule has 0 fully saturated rings. The Morgan fingerprint density at radius 1 is 0.538 bits per heavy atom. The molecule has 4 rings (SSSR count). The second kappa shape index (κ2) is 12.9. The summed E-state index contributed by atoms with van der Waals surface area (Å²) in [6, 6.07) is 33.7. The molecule has 0 aliphatic carbocycles. The van der Waals surface area contributed by atoms with Gasteiger partial charge < -0.3 is 19.3 Å². The average molecular weight is 519 g/mol. The average Bonchev–Trinajstić information content (AvgIpc) is 2.97. The Kier molecular flexibility index (Phi) is 9.11. The molecule has 4 aromatic carbocycles. The van der Waals surface area contributed by atoms with Gasteiger partial charge in [-0.1, -0.05) is 72.8 Å². The fourth-order valence-electron chi connectivity index (χ4n) is 4.67. The number of allylic oxidation sites excluding steroid dienone is 2. The van der Waals surface area contributed by atoms with Crippen molar-refractivity contribution in [1.29, 1.82) is 0 Å².